The van der Waals surface area contributed by atoms with E-state index in [9.17, 15) is 14.9 Å². The lowest BCUT2D eigenvalue weighted by Gasteiger charge is -2.30. The number of carbonyl (C=O) groups is 2. The van der Waals surface area contributed by atoms with Gasteiger partial charge >= 0.3 is 5.97 Å². The highest BCUT2D eigenvalue weighted by Gasteiger charge is 2.36. The first-order valence-electron chi connectivity index (χ1n) is 12.2. The van der Waals surface area contributed by atoms with E-state index in [-0.39, 0.29) is 29.4 Å². The molecule has 0 unspecified atom stereocenters. The zero-order valence-electron chi connectivity index (χ0n) is 21.3. The van der Waals surface area contributed by atoms with Crippen LogP contribution in [0.15, 0.2) is 119 Å². The lowest BCUT2D eigenvalue weighted by molar-refractivity contribution is -0.138. The molecule has 1 atom stereocenters. The lowest BCUT2D eigenvalue weighted by Crippen LogP contribution is -2.31. The van der Waals surface area contributed by atoms with Gasteiger partial charge in [-0.3, -0.25) is 9.69 Å². The molecule has 1 heterocycles. The van der Waals surface area contributed by atoms with Crippen LogP contribution in [0.5, 0.6) is 0 Å². The summed E-state index contributed by atoms with van der Waals surface area (Å²) < 4.78 is 5.35. The predicted octanol–water partition coefficient (Wildman–Crippen LogP) is 6.86. The van der Waals surface area contributed by atoms with Crippen molar-refractivity contribution in [1.82, 2.24) is 5.32 Å². The number of hydrogen-bond donors (Lipinski definition) is 1. The molecule has 0 saturated heterocycles. The molecule has 196 valence electrons. The minimum absolute atomic E-state index is 0.0291. The summed E-state index contributed by atoms with van der Waals surface area (Å²) in [5, 5.41) is 14.4. The molecule has 3 aromatic carbocycles. The standard InChI is InChI=1S/C31H26ClN3O3S/c1-3-18-38-31(37)28-21(2)34-30(25(19-33)29(28)24-16-10-11-17-26(24)32)39-20-27(36)35(22-12-6-4-7-13-22)23-14-8-5-9-15-23/h3-17,29,34H,1,18,20H2,2H3/t29-/m1/s1. The molecule has 1 N–H and O–H groups in total. The number of amides is 1. The van der Waals surface area contributed by atoms with Gasteiger partial charge in [0.25, 0.3) is 0 Å². The second-order valence-corrected chi connectivity index (χ2v) is 9.94. The number of nitriles is 1. The van der Waals surface area contributed by atoms with Crippen molar-refractivity contribution in [3.63, 3.8) is 0 Å². The van der Waals surface area contributed by atoms with Crippen LogP contribution in [0, 0.1) is 11.3 Å². The van der Waals surface area contributed by atoms with Gasteiger partial charge in [0.05, 0.1) is 33.9 Å². The first-order chi connectivity index (χ1) is 19.0. The van der Waals surface area contributed by atoms with Crippen LogP contribution in [0.4, 0.5) is 11.4 Å². The van der Waals surface area contributed by atoms with Crippen molar-refractivity contribution in [2.75, 3.05) is 17.3 Å². The van der Waals surface area contributed by atoms with Gasteiger partial charge in [-0.05, 0) is 42.8 Å². The summed E-state index contributed by atoms with van der Waals surface area (Å²) in [4.78, 5) is 28.4. The first-order valence-corrected chi connectivity index (χ1v) is 13.5. The molecule has 0 aliphatic carbocycles. The number of nitrogens with one attached hydrogen (secondary N) is 1. The largest absolute Gasteiger partial charge is 0.458 e. The van der Waals surface area contributed by atoms with Gasteiger partial charge in [-0.1, -0.05) is 90.6 Å². The van der Waals surface area contributed by atoms with E-state index in [0.29, 0.717) is 21.3 Å². The Morgan fingerprint density at radius 2 is 1.64 bits per heavy atom. The van der Waals surface area contributed by atoms with E-state index in [1.54, 1.807) is 36.1 Å². The maximum Gasteiger partial charge on any atom is 0.337 e. The molecule has 0 fully saturated rings. The van der Waals surface area contributed by atoms with Crippen molar-refractivity contribution in [3.05, 3.63) is 130 Å². The van der Waals surface area contributed by atoms with Crippen LogP contribution in [0.25, 0.3) is 0 Å². The molecule has 0 spiro atoms. The summed E-state index contributed by atoms with van der Waals surface area (Å²) in [7, 11) is 0. The average molecular weight is 556 g/mol. The molecular weight excluding hydrogens is 530 g/mol. The number of halogens is 1. The van der Waals surface area contributed by atoms with Crippen LogP contribution >= 0.6 is 23.4 Å². The average Bonchev–Trinajstić information content (AvgIpc) is 2.96. The van der Waals surface area contributed by atoms with Crippen molar-refractivity contribution >= 4 is 46.6 Å². The summed E-state index contributed by atoms with van der Waals surface area (Å²) in [5.74, 6) is -1.47. The summed E-state index contributed by atoms with van der Waals surface area (Å²) in [6.45, 7) is 5.37. The van der Waals surface area contributed by atoms with E-state index in [1.807, 2.05) is 60.7 Å². The molecule has 4 rings (SSSR count). The molecule has 0 bridgehead atoms. The highest BCUT2D eigenvalue weighted by atomic mass is 35.5. The number of dihydropyridines is 1. The number of benzene rings is 3. The van der Waals surface area contributed by atoms with Gasteiger partial charge in [0.15, 0.2) is 0 Å². The van der Waals surface area contributed by atoms with E-state index >= 15 is 0 Å². The van der Waals surface area contributed by atoms with Gasteiger partial charge in [-0.2, -0.15) is 5.26 Å². The summed E-state index contributed by atoms with van der Waals surface area (Å²) in [6, 6.07) is 28.1. The maximum absolute atomic E-state index is 13.6. The van der Waals surface area contributed by atoms with Crippen molar-refractivity contribution in [3.8, 4) is 6.07 Å². The third-order valence-electron chi connectivity index (χ3n) is 6.03. The molecule has 1 aliphatic rings. The second-order valence-electron chi connectivity index (χ2n) is 8.55. The topological polar surface area (TPSA) is 82.4 Å². The predicted molar refractivity (Wildman–Crippen MR) is 156 cm³/mol. The number of para-hydroxylation sites is 2. The maximum atomic E-state index is 13.6. The highest BCUT2D eigenvalue weighted by molar-refractivity contribution is 8.03. The Morgan fingerprint density at radius 1 is 1.05 bits per heavy atom. The fraction of sp³-hybridized carbons (Fsp3) is 0.129. The van der Waals surface area contributed by atoms with Gasteiger partial charge in [0.2, 0.25) is 5.91 Å². The summed E-state index contributed by atoms with van der Waals surface area (Å²) in [6.07, 6.45) is 1.48. The number of rotatable bonds is 9. The number of anilines is 2. The van der Waals surface area contributed by atoms with Crippen LogP contribution < -0.4 is 10.2 Å². The summed E-state index contributed by atoms with van der Waals surface area (Å²) >= 11 is 7.75. The molecule has 1 aliphatic heterocycles. The lowest BCUT2D eigenvalue weighted by atomic mass is 9.82. The molecule has 1 amide bonds. The van der Waals surface area contributed by atoms with E-state index in [2.05, 4.69) is 18.0 Å². The Bertz CT molecular complexity index is 1440. The third kappa shape index (κ3) is 6.26. The van der Waals surface area contributed by atoms with Crippen molar-refractivity contribution in [1.29, 1.82) is 5.26 Å². The van der Waals surface area contributed by atoms with Gasteiger partial charge < -0.3 is 10.1 Å². The van der Waals surface area contributed by atoms with Crippen LogP contribution in [0.1, 0.15) is 18.4 Å². The van der Waals surface area contributed by atoms with E-state index in [1.165, 1.54) is 17.8 Å². The van der Waals surface area contributed by atoms with Crippen LogP contribution in [-0.4, -0.2) is 24.2 Å². The normalized spacial score (nSPS) is 14.7. The Labute approximate surface area is 237 Å². The highest BCUT2D eigenvalue weighted by Crippen LogP contribution is 2.43. The van der Waals surface area contributed by atoms with Crippen molar-refractivity contribution in [2.45, 2.75) is 12.8 Å². The van der Waals surface area contributed by atoms with Crippen LogP contribution in [0.2, 0.25) is 5.02 Å². The Morgan fingerprint density at radius 3 is 2.21 bits per heavy atom. The van der Waals surface area contributed by atoms with E-state index in [0.717, 1.165) is 11.4 Å². The number of esters is 1. The van der Waals surface area contributed by atoms with Gasteiger partial charge in [-0.15, -0.1) is 0 Å². The molecular formula is C31H26ClN3O3S. The second kappa shape index (κ2) is 13.0. The summed E-state index contributed by atoms with van der Waals surface area (Å²) in [5.41, 5.74) is 3.15. The molecule has 8 heteroatoms. The number of carbonyl (C=O) groups excluding carboxylic acids is 2. The third-order valence-corrected chi connectivity index (χ3v) is 7.38. The number of thioether (sulfide) groups is 1. The smallest absolute Gasteiger partial charge is 0.337 e. The fourth-order valence-electron chi connectivity index (χ4n) is 4.32. The molecule has 3 aromatic rings. The minimum Gasteiger partial charge on any atom is -0.458 e. The molecule has 0 aromatic heterocycles. The molecule has 39 heavy (non-hydrogen) atoms. The van der Waals surface area contributed by atoms with E-state index < -0.39 is 11.9 Å². The quantitative estimate of drug-likeness (QED) is 0.229. The Hall–Kier alpha value is -4.25. The zero-order valence-corrected chi connectivity index (χ0v) is 22.8. The number of nitrogens with zero attached hydrogens (tertiary/aromatic N) is 2. The number of ether oxygens (including phenoxy) is 1. The van der Waals surface area contributed by atoms with Gasteiger partial charge in [0, 0.05) is 22.1 Å². The van der Waals surface area contributed by atoms with E-state index in [4.69, 9.17) is 16.3 Å². The van der Waals surface area contributed by atoms with Crippen molar-refractivity contribution < 1.29 is 14.3 Å². The fourth-order valence-corrected chi connectivity index (χ4v) is 5.51. The first kappa shape index (κ1) is 27.8. The van der Waals surface area contributed by atoms with Crippen LogP contribution in [-0.2, 0) is 14.3 Å². The Kier molecular flexibility index (Phi) is 9.27. The van der Waals surface area contributed by atoms with Gasteiger partial charge in [-0.25, -0.2) is 4.79 Å². The zero-order chi connectivity index (χ0) is 27.8. The number of hydrogen-bond acceptors (Lipinski definition) is 6. The Balaban J connectivity index is 1.69. The minimum atomic E-state index is -0.765. The van der Waals surface area contributed by atoms with Gasteiger partial charge in [0.1, 0.15) is 6.61 Å². The number of allylic oxidation sites excluding steroid dienone is 2. The molecule has 6 nitrogen and oxygen atoms in total. The molecule has 0 saturated carbocycles. The SMILES string of the molecule is C=CCOC(=O)C1=C(C)NC(SCC(=O)N(c2ccccc2)c2ccccc2)=C(C#N)[C@H]1c1ccccc1Cl. The monoisotopic (exact) mass is 555 g/mol. The van der Waals surface area contributed by atoms with Crippen molar-refractivity contribution in [2.24, 2.45) is 0 Å². The molecule has 0 radical (unpaired) electrons. The van der Waals surface area contributed by atoms with Crippen LogP contribution in [0.3, 0.4) is 0 Å².